The average Bonchev–Trinajstić information content (AvgIpc) is 2.68. The number of amides is 1. The van der Waals surface area contributed by atoms with Crippen molar-refractivity contribution in [3.63, 3.8) is 0 Å². The van der Waals surface area contributed by atoms with Gasteiger partial charge in [-0.3, -0.25) is 4.79 Å². The van der Waals surface area contributed by atoms with Crippen molar-refractivity contribution in [1.82, 2.24) is 9.62 Å². The first-order valence-electron chi connectivity index (χ1n) is 9.44. The lowest BCUT2D eigenvalue weighted by Crippen LogP contribution is -2.58. The van der Waals surface area contributed by atoms with Crippen molar-refractivity contribution in [3.05, 3.63) is 52.5 Å². The van der Waals surface area contributed by atoms with Gasteiger partial charge in [-0.15, -0.1) is 0 Å². The van der Waals surface area contributed by atoms with E-state index < -0.39 is 16.2 Å². The number of aryl methyl sites for hydroxylation is 2. The molecule has 0 aromatic heterocycles. The van der Waals surface area contributed by atoms with E-state index in [4.69, 9.17) is 11.6 Å². The number of hydrogen-bond donors (Lipinski definition) is 2. The Balaban J connectivity index is 1.47. The lowest BCUT2D eigenvalue weighted by molar-refractivity contribution is -0.132. The molecule has 0 radical (unpaired) electrons. The van der Waals surface area contributed by atoms with Gasteiger partial charge in [0.15, 0.2) is 6.17 Å². The molecule has 0 bridgehead atoms. The number of carbonyl (C=O) groups is 1. The number of halogens is 1. The van der Waals surface area contributed by atoms with E-state index in [1.165, 1.54) is 0 Å². The summed E-state index contributed by atoms with van der Waals surface area (Å²) >= 11 is 6.13. The molecule has 2 aromatic rings. The first-order valence-corrected chi connectivity index (χ1v) is 11.3. The van der Waals surface area contributed by atoms with Gasteiger partial charge in [0.2, 0.25) is 10.0 Å². The molecule has 29 heavy (non-hydrogen) atoms. The molecule has 2 heterocycles. The van der Waals surface area contributed by atoms with E-state index >= 15 is 0 Å². The number of fused-ring (bicyclic) bond motifs is 1. The Hall–Kier alpha value is -2.29. The fourth-order valence-electron chi connectivity index (χ4n) is 3.78. The molecule has 1 amide bonds. The first-order chi connectivity index (χ1) is 13.7. The highest BCUT2D eigenvalue weighted by Gasteiger charge is 2.36. The maximum absolute atomic E-state index is 13.0. The highest BCUT2D eigenvalue weighted by molar-refractivity contribution is 7.89. The van der Waals surface area contributed by atoms with Gasteiger partial charge in [-0.2, -0.15) is 4.72 Å². The van der Waals surface area contributed by atoms with E-state index in [2.05, 4.69) is 14.9 Å². The fraction of sp³-hybridized carbons (Fsp3) is 0.350. The second-order valence-corrected chi connectivity index (χ2v) is 9.56. The molecule has 1 unspecified atom stereocenters. The highest BCUT2D eigenvalue weighted by Crippen LogP contribution is 2.28. The number of hydrogen-bond acceptors (Lipinski definition) is 5. The summed E-state index contributed by atoms with van der Waals surface area (Å²) in [6, 6.07) is 10.8. The van der Waals surface area contributed by atoms with E-state index in [1.54, 1.807) is 23.1 Å². The zero-order valence-corrected chi connectivity index (χ0v) is 17.8. The molecular formula is C20H23ClN4O3S. The van der Waals surface area contributed by atoms with Gasteiger partial charge in [0.25, 0.3) is 5.91 Å². The van der Waals surface area contributed by atoms with Gasteiger partial charge in [-0.1, -0.05) is 23.7 Å². The Labute approximate surface area is 175 Å². The third-order valence-corrected chi connectivity index (χ3v) is 7.06. The van der Waals surface area contributed by atoms with Crippen LogP contribution in [-0.2, 0) is 14.8 Å². The van der Waals surface area contributed by atoms with Crippen LogP contribution >= 0.6 is 11.6 Å². The van der Waals surface area contributed by atoms with Gasteiger partial charge < -0.3 is 15.1 Å². The minimum Gasteiger partial charge on any atom is -0.368 e. The van der Waals surface area contributed by atoms with E-state index in [0.717, 1.165) is 16.8 Å². The minimum absolute atomic E-state index is 0.161. The lowest BCUT2D eigenvalue weighted by Gasteiger charge is -2.39. The summed E-state index contributed by atoms with van der Waals surface area (Å²) in [6.45, 7) is 6.23. The number of anilines is 2. The molecule has 0 aliphatic carbocycles. The van der Waals surface area contributed by atoms with Gasteiger partial charge >= 0.3 is 0 Å². The maximum atomic E-state index is 13.0. The van der Waals surface area contributed by atoms with E-state index in [0.29, 0.717) is 36.9 Å². The molecule has 2 aliphatic rings. The highest BCUT2D eigenvalue weighted by atomic mass is 35.5. The maximum Gasteiger partial charge on any atom is 0.261 e. The summed E-state index contributed by atoms with van der Waals surface area (Å²) < 4.78 is 27.6. The predicted octanol–water partition coefficient (Wildman–Crippen LogP) is 2.34. The van der Waals surface area contributed by atoms with Gasteiger partial charge in [-0.25, -0.2) is 8.42 Å². The summed E-state index contributed by atoms with van der Waals surface area (Å²) in [7, 11) is -3.74. The fourth-order valence-corrected chi connectivity index (χ4v) is 5.20. The Morgan fingerprint density at radius 1 is 1.07 bits per heavy atom. The molecule has 1 fully saturated rings. The largest absolute Gasteiger partial charge is 0.368 e. The molecule has 4 rings (SSSR count). The molecule has 2 N–H and O–H groups in total. The molecule has 9 heteroatoms. The van der Waals surface area contributed by atoms with Crippen LogP contribution in [0, 0.1) is 13.8 Å². The van der Waals surface area contributed by atoms with Crippen molar-refractivity contribution in [2.75, 3.05) is 36.4 Å². The van der Waals surface area contributed by atoms with Crippen molar-refractivity contribution < 1.29 is 13.2 Å². The Morgan fingerprint density at radius 3 is 2.52 bits per heavy atom. The van der Waals surface area contributed by atoms with E-state index in [9.17, 15) is 13.2 Å². The number of nitrogens with zero attached hydrogens (tertiary/aromatic N) is 2. The number of piperazine rings is 1. The Morgan fingerprint density at radius 2 is 1.79 bits per heavy atom. The SMILES string of the molecule is Cc1ccc2c(c1)NC(C(=O)N1CCN(c3cc(Cl)ccc3C)CC1)NS2(=O)=O. The quantitative estimate of drug-likeness (QED) is 0.758. The van der Waals surface area contributed by atoms with Crippen molar-refractivity contribution in [3.8, 4) is 0 Å². The van der Waals surface area contributed by atoms with Crippen LogP contribution in [0.2, 0.25) is 5.02 Å². The second-order valence-electron chi connectivity index (χ2n) is 7.44. The number of carbonyl (C=O) groups excluding carboxylic acids is 1. The average molecular weight is 435 g/mol. The van der Waals surface area contributed by atoms with Gasteiger partial charge in [0.1, 0.15) is 4.90 Å². The predicted molar refractivity (Wildman–Crippen MR) is 114 cm³/mol. The first kappa shape index (κ1) is 20.0. The van der Waals surface area contributed by atoms with Crippen LogP contribution in [0.25, 0.3) is 0 Å². The van der Waals surface area contributed by atoms with Crippen LogP contribution in [0.3, 0.4) is 0 Å². The van der Waals surface area contributed by atoms with E-state index in [1.807, 2.05) is 32.0 Å². The summed E-state index contributed by atoms with van der Waals surface area (Å²) in [4.78, 5) is 17.0. The van der Waals surface area contributed by atoms with Crippen LogP contribution in [-0.4, -0.2) is 51.6 Å². The van der Waals surface area contributed by atoms with E-state index in [-0.39, 0.29) is 10.8 Å². The summed E-state index contributed by atoms with van der Waals surface area (Å²) in [5.74, 6) is -0.275. The summed E-state index contributed by atoms with van der Waals surface area (Å²) in [5.41, 5.74) is 3.56. The smallest absolute Gasteiger partial charge is 0.261 e. The third kappa shape index (κ3) is 3.92. The monoisotopic (exact) mass is 434 g/mol. The second kappa shape index (κ2) is 7.51. The molecule has 1 atom stereocenters. The molecular weight excluding hydrogens is 412 g/mol. The molecule has 154 valence electrons. The number of benzene rings is 2. The molecule has 0 saturated carbocycles. The van der Waals surface area contributed by atoms with Crippen molar-refractivity contribution in [2.24, 2.45) is 0 Å². The van der Waals surface area contributed by atoms with Crippen molar-refractivity contribution >= 4 is 38.9 Å². The van der Waals surface area contributed by atoms with Crippen molar-refractivity contribution in [1.29, 1.82) is 0 Å². The number of nitrogens with one attached hydrogen (secondary N) is 2. The molecule has 2 aromatic carbocycles. The molecule has 7 nitrogen and oxygen atoms in total. The topological polar surface area (TPSA) is 81.8 Å². The lowest BCUT2D eigenvalue weighted by atomic mass is 10.1. The zero-order valence-electron chi connectivity index (χ0n) is 16.3. The number of rotatable bonds is 2. The van der Waals surface area contributed by atoms with Crippen LogP contribution in [0.1, 0.15) is 11.1 Å². The summed E-state index contributed by atoms with van der Waals surface area (Å²) in [6.07, 6.45) is -1.01. The Bertz CT molecular complexity index is 1070. The van der Waals surface area contributed by atoms with Crippen LogP contribution in [0.15, 0.2) is 41.3 Å². The molecule has 1 saturated heterocycles. The third-order valence-electron chi connectivity index (χ3n) is 5.35. The molecule has 0 spiro atoms. The minimum atomic E-state index is -3.74. The van der Waals surface area contributed by atoms with Gasteiger partial charge in [0, 0.05) is 36.9 Å². The van der Waals surface area contributed by atoms with Crippen LogP contribution in [0.4, 0.5) is 11.4 Å². The normalized spacial score (nSPS) is 20.7. The Kier molecular flexibility index (Phi) is 5.18. The molecule has 2 aliphatic heterocycles. The van der Waals surface area contributed by atoms with Gasteiger partial charge in [-0.05, 0) is 49.2 Å². The number of sulfonamides is 1. The van der Waals surface area contributed by atoms with Crippen LogP contribution in [0.5, 0.6) is 0 Å². The zero-order chi connectivity index (χ0) is 20.8. The van der Waals surface area contributed by atoms with Gasteiger partial charge in [0.05, 0.1) is 5.69 Å². The summed E-state index contributed by atoms with van der Waals surface area (Å²) in [5, 5.41) is 3.72. The van der Waals surface area contributed by atoms with Crippen LogP contribution < -0.4 is 14.9 Å². The van der Waals surface area contributed by atoms with Crippen molar-refractivity contribution in [2.45, 2.75) is 24.9 Å². The standard InChI is InChI=1S/C20H23ClN4O3S/c1-13-3-6-18-16(11-13)22-19(23-29(18,27)28)20(26)25-9-7-24(8-10-25)17-12-15(21)5-4-14(17)2/h3-6,11-12,19,22-23H,7-10H2,1-2H3.